The van der Waals surface area contributed by atoms with E-state index in [2.05, 4.69) is 31.4 Å². The topological polar surface area (TPSA) is 51.0 Å². The van der Waals surface area contributed by atoms with Gasteiger partial charge in [-0.3, -0.25) is 0 Å². The first kappa shape index (κ1) is 10.2. The van der Waals surface area contributed by atoms with Gasteiger partial charge in [0.2, 0.25) is 5.89 Å². The average Bonchev–Trinajstić information content (AvgIpc) is 2.62. The Morgan fingerprint density at radius 1 is 1.47 bits per heavy atom. The molecule has 0 radical (unpaired) electrons. The molecule has 1 aromatic carbocycles. The van der Waals surface area contributed by atoms with E-state index in [1.54, 1.807) is 6.92 Å². The molecule has 0 bridgehead atoms. The Bertz CT molecular complexity index is 455. The van der Waals surface area contributed by atoms with Crippen LogP contribution < -0.4 is 5.32 Å². The number of hydrogen-bond donors (Lipinski definition) is 1. The summed E-state index contributed by atoms with van der Waals surface area (Å²) in [6.45, 7) is 2.34. The van der Waals surface area contributed by atoms with Crippen LogP contribution in [0.3, 0.4) is 0 Å². The summed E-state index contributed by atoms with van der Waals surface area (Å²) in [4.78, 5) is 4.10. The largest absolute Gasteiger partial charge is 0.376 e. The molecule has 15 heavy (non-hydrogen) atoms. The predicted octanol–water partition coefficient (Wildman–Crippen LogP) is 2.75. The second-order valence-electron chi connectivity index (χ2n) is 3.10. The van der Waals surface area contributed by atoms with E-state index in [1.165, 1.54) is 0 Å². The molecule has 0 unspecified atom stereocenters. The van der Waals surface area contributed by atoms with Crippen LogP contribution in [0.4, 0.5) is 5.69 Å². The maximum absolute atomic E-state index is 4.98. The number of benzene rings is 1. The van der Waals surface area contributed by atoms with Crippen molar-refractivity contribution in [3.63, 3.8) is 0 Å². The fourth-order valence-electron chi connectivity index (χ4n) is 1.19. The van der Waals surface area contributed by atoms with Crippen molar-refractivity contribution in [1.29, 1.82) is 0 Å². The van der Waals surface area contributed by atoms with Crippen molar-refractivity contribution >= 4 is 21.6 Å². The van der Waals surface area contributed by atoms with E-state index in [-0.39, 0.29) is 0 Å². The molecular weight excluding hydrogens is 258 g/mol. The summed E-state index contributed by atoms with van der Waals surface area (Å²) in [6, 6.07) is 7.91. The molecule has 1 heterocycles. The third-order valence-electron chi connectivity index (χ3n) is 1.84. The van der Waals surface area contributed by atoms with Gasteiger partial charge in [0.05, 0.1) is 6.54 Å². The van der Waals surface area contributed by atoms with E-state index in [0.717, 1.165) is 10.2 Å². The zero-order chi connectivity index (χ0) is 10.7. The van der Waals surface area contributed by atoms with E-state index >= 15 is 0 Å². The number of nitrogens with one attached hydrogen (secondary N) is 1. The van der Waals surface area contributed by atoms with Crippen molar-refractivity contribution in [3.8, 4) is 0 Å². The van der Waals surface area contributed by atoms with E-state index in [0.29, 0.717) is 18.3 Å². The molecule has 0 fully saturated rings. The molecule has 2 rings (SSSR count). The van der Waals surface area contributed by atoms with Crippen molar-refractivity contribution in [1.82, 2.24) is 10.1 Å². The van der Waals surface area contributed by atoms with E-state index in [4.69, 9.17) is 4.52 Å². The lowest BCUT2D eigenvalue weighted by Crippen LogP contribution is -1.99. The number of rotatable bonds is 3. The first-order valence-corrected chi connectivity index (χ1v) is 5.32. The Hall–Kier alpha value is -1.36. The highest BCUT2D eigenvalue weighted by atomic mass is 79.9. The summed E-state index contributed by atoms with van der Waals surface area (Å²) in [5, 5.41) is 6.90. The standard InChI is InChI=1S/C10H10BrN3O/c1-7-13-10(15-14-7)6-12-9-4-2-3-8(11)5-9/h2-5,12H,6H2,1H3. The van der Waals surface area contributed by atoms with Crippen molar-refractivity contribution in [2.75, 3.05) is 5.32 Å². The SMILES string of the molecule is Cc1noc(CNc2cccc(Br)c2)n1. The van der Waals surface area contributed by atoms with Crippen LogP contribution in [-0.4, -0.2) is 10.1 Å². The summed E-state index contributed by atoms with van der Waals surface area (Å²) in [5.41, 5.74) is 1.01. The molecule has 0 saturated carbocycles. The first-order valence-electron chi connectivity index (χ1n) is 4.52. The molecule has 0 saturated heterocycles. The highest BCUT2D eigenvalue weighted by Crippen LogP contribution is 2.16. The Balaban J connectivity index is 1.99. The van der Waals surface area contributed by atoms with Crippen LogP contribution in [0.5, 0.6) is 0 Å². The zero-order valence-electron chi connectivity index (χ0n) is 8.20. The molecule has 0 aliphatic heterocycles. The van der Waals surface area contributed by atoms with Gasteiger partial charge in [-0.25, -0.2) is 0 Å². The molecule has 1 N–H and O–H groups in total. The minimum Gasteiger partial charge on any atom is -0.376 e. The van der Waals surface area contributed by atoms with Crippen molar-refractivity contribution in [2.24, 2.45) is 0 Å². The summed E-state index contributed by atoms with van der Waals surface area (Å²) < 4.78 is 6.02. The van der Waals surface area contributed by atoms with Crippen LogP contribution in [0.15, 0.2) is 33.3 Å². The van der Waals surface area contributed by atoms with Gasteiger partial charge >= 0.3 is 0 Å². The van der Waals surface area contributed by atoms with Crippen LogP contribution in [0.25, 0.3) is 0 Å². The third kappa shape index (κ3) is 2.79. The molecule has 0 spiro atoms. The lowest BCUT2D eigenvalue weighted by Gasteiger charge is -2.02. The summed E-state index contributed by atoms with van der Waals surface area (Å²) in [6.07, 6.45) is 0. The van der Waals surface area contributed by atoms with E-state index in [1.807, 2.05) is 24.3 Å². The molecule has 1 aromatic heterocycles. The summed E-state index contributed by atoms with van der Waals surface area (Å²) >= 11 is 3.40. The Kier molecular flexibility index (Phi) is 3.01. The second-order valence-corrected chi connectivity index (χ2v) is 4.01. The smallest absolute Gasteiger partial charge is 0.245 e. The van der Waals surface area contributed by atoms with Crippen LogP contribution in [0, 0.1) is 6.92 Å². The van der Waals surface area contributed by atoms with Crippen LogP contribution >= 0.6 is 15.9 Å². The lowest BCUT2D eigenvalue weighted by atomic mass is 10.3. The number of aromatic nitrogens is 2. The van der Waals surface area contributed by atoms with Crippen LogP contribution in [0.2, 0.25) is 0 Å². The number of anilines is 1. The minimum atomic E-state index is 0.539. The van der Waals surface area contributed by atoms with Gasteiger partial charge in [0.15, 0.2) is 5.82 Å². The van der Waals surface area contributed by atoms with E-state index < -0.39 is 0 Å². The molecule has 0 aliphatic rings. The van der Waals surface area contributed by atoms with Gasteiger partial charge in [0.1, 0.15) is 0 Å². The molecule has 5 heteroatoms. The maximum atomic E-state index is 4.98. The number of halogens is 1. The van der Waals surface area contributed by atoms with E-state index in [9.17, 15) is 0 Å². The van der Waals surface area contributed by atoms with Crippen molar-refractivity contribution in [2.45, 2.75) is 13.5 Å². The Labute approximate surface area is 95.8 Å². The van der Waals surface area contributed by atoms with Gasteiger partial charge in [-0.1, -0.05) is 27.2 Å². The fourth-order valence-corrected chi connectivity index (χ4v) is 1.59. The highest BCUT2D eigenvalue weighted by Gasteiger charge is 2.01. The quantitative estimate of drug-likeness (QED) is 0.929. The molecule has 4 nitrogen and oxygen atoms in total. The summed E-state index contributed by atoms with van der Waals surface area (Å²) in [5.74, 6) is 1.24. The average molecular weight is 268 g/mol. The lowest BCUT2D eigenvalue weighted by molar-refractivity contribution is 0.379. The van der Waals surface area contributed by atoms with Gasteiger partial charge in [0.25, 0.3) is 0 Å². The molecule has 0 amide bonds. The predicted molar refractivity (Wildman–Crippen MR) is 60.5 cm³/mol. The highest BCUT2D eigenvalue weighted by molar-refractivity contribution is 9.10. The zero-order valence-corrected chi connectivity index (χ0v) is 9.78. The Morgan fingerprint density at radius 2 is 2.33 bits per heavy atom. The normalized spacial score (nSPS) is 10.3. The number of nitrogens with zero attached hydrogens (tertiary/aromatic N) is 2. The molecular formula is C10H10BrN3O. The Morgan fingerprint density at radius 3 is 3.00 bits per heavy atom. The van der Waals surface area contributed by atoms with Crippen LogP contribution in [-0.2, 0) is 6.54 Å². The van der Waals surface area contributed by atoms with Crippen LogP contribution in [0.1, 0.15) is 11.7 Å². The molecule has 2 aromatic rings. The van der Waals surface area contributed by atoms with Gasteiger partial charge in [-0.15, -0.1) is 0 Å². The fraction of sp³-hybridized carbons (Fsp3) is 0.200. The minimum absolute atomic E-state index is 0.539. The van der Waals surface area contributed by atoms with Gasteiger partial charge < -0.3 is 9.84 Å². The maximum Gasteiger partial charge on any atom is 0.245 e. The monoisotopic (exact) mass is 267 g/mol. The first-order chi connectivity index (χ1) is 7.24. The molecule has 0 atom stereocenters. The summed E-state index contributed by atoms with van der Waals surface area (Å²) in [7, 11) is 0. The third-order valence-corrected chi connectivity index (χ3v) is 2.33. The number of aryl methyl sites for hydroxylation is 1. The number of hydrogen-bond acceptors (Lipinski definition) is 4. The van der Waals surface area contributed by atoms with Crippen molar-refractivity contribution < 1.29 is 4.52 Å². The second kappa shape index (κ2) is 4.44. The van der Waals surface area contributed by atoms with Gasteiger partial charge in [-0.2, -0.15) is 4.98 Å². The van der Waals surface area contributed by atoms with Gasteiger partial charge in [0, 0.05) is 10.2 Å². The van der Waals surface area contributed by atoms with Gasteiger partial charge in [-0.05, 0) is 25.1 Å². The molecule has 78 valence electrons. The van der Waals surface area contributed by atoms with Crippen molar-refractivity contribution in [3.05, 3.63) is 40.5 Å². The molecule has 0 aliphatic carbocycles.